The first-order valence-electron chi connectivity index (χ1n) is 10.7. The molecule has 2 aliphatic heterocycles. The van der Waals surface area contributed by atoms with Crippen LogP contribution in [0.3, 0.4) is 0 Å². The van der Waals surface area contributed by atoms with E-state index in [0.717, 1.165) is 63.9 Å². The van der Waals surface area contributed by atoms with E-state index in [9.17, 15) is 9.90 Å². The summed E-state index contributed by atoms with van der Waals surface area (Å²) in [5.41, 5.74) is 3.12. The van der Waals surface area contributed by atoms with Gasteiger partial charge in [0.25, 0.3) is 5.91 Å². The molecule has 2 fully saturated rings. The summed E-state index contributed by atoms with van der Waals surface area (Å²) in [6, 6.07) is 15.3. The topological polar surface area (TPSA) is 69.5 Å². The second-order valence-electron chi connectivity index (χ2n) is 8.02. The summed E-state index contributed by atoms with van der Waals surface area (Å²) < 4.78 is 5.40. The Morgan fingerprint density at radius 3 is 2.07 bits per heavy atom. The summed E-state index contributed by atoms with van der Waals surface area (Å²) in [5.74, 6) is 0.341. The van der Waals surface area contributed by atoms with Crippen LogP contribution in [0.25, 0.3) is 0 Å². The molecule has 160 valence electrons. The van der Waals surface area contributed by atoms with E-state index in [1.165, 1.54) is 10.6 Å². The third-order valence-corrected chi connectivity index (χ3v) is 6.14. The van der Waals surface area contributed by atoms with Gasteiger partial charge in [0.15, 0.2) is 6.04 Å². The molecule has 2 aromatic rings. The second kappa shape index (κ2) is 9.36. The van der Waals surface area contributed by atoms with Crippen LogP contribution in [0.5, 0.6) is 5.75 Å². The Labute approximate surface area is 177 Å². The fourth-order valence-corrected chi connectivity index (χ4v) is 4.16. The van der Waals surface area contributed by atoms with Crippen molar-refractivity contribution in [3.8, 4) is 5.75 Å². The van der Waals surface area contributed by atoms with E-state index >= 15 is 0 Å². The van der Waals surface area contributed by atoms with E-state index in [-0.39, 0.29) is 17.7 Å². The van der Waals surface area contributed by atoms with Gasteiger partial charge in [-0.2, -0.15) is 0 Å². The van der Waals surface area contributed by atoms with Crippen LogP contribution in [0.1, 0.15) is 6.92 Å². The van der Waals surface area contributed by atoms with Gasteiger partial charge in [0.2, 0.25) is 0 Å². The number of morpholine rings is 1. The Morgan fingerprint density at radius 2 is 1.47 bits per heavy atom. The highest BCUT2D eigenvalue weighted by atomic mass is 16.5. The summed E-state index contributed by atoms with van der Waals surface area (Å²) in [7, 11) is 0. The number of hydrogen-bond donors (Lipinski definition) is 3. The SMILES string of the molecule is C[C@@H](C(=O)Nc1ccc(N2CCOCC2)cc1)[NH+]1CCN(c2ccc(O)cc2)CC1. The van der Waals surface area contributed by atoms with Crippen LogP contribution in [0.2, 0.25) is 0 Å². The largest absolute Gasteiger partial charge is 0.508 e. The van der Waals surface area contributed by atoms with E-state index in [0.29, 0.717) is 0 Å². The Balaban J connectivity index is 1.28. The zero-order valence-corrected chi connectivity index (χ0v) is 17.5. The van der Waals surface area contributed by atoms with Gasteiger partial charge < -0.3 is 29.9 Å². The van der Waals surface area contributed by atoms with Gasteiger partial charge in [-0.15, -0.1) is 0 Å². The van der Waals surface area contributed by atoms with Gasteiger partial charge in [0.05, 0.1) is 39.4 Å². The van der Waals surface area contributed by atoms with Crippen LogP contribution in [0, 0.1) is 0 Å². The number of hydrogen-bond acceptors (Lipinski definition) is 5. The molecule has 30 heavy (non-hydrogen) atoms. The maximum Gasteiger partial charge on any atom is 0.282 e. The second-order valence-corrected chi connectivity index (χ2v) is 8.02. The lowest BCUT2D eigenvalue weighted by molar-refractivity contribution is -0.914. The molecule has 0 aromatic heterocycles. The molecular formula is C23H31N4O3+. The van der Waals surface area contributed by atoms with Crippen molar-refractivity contribution in [3.63, 3.8) is 0 Å². The van der Waals surface area contributed by atoms with E-state index in [2.05, 4.69) is 27.2 Å². The number of carbonyl (C=O) groups excluding carboxylic acids is 1. The molecule has 3 N–H and O–H groups in total. The van der Waals surface area contributed by atoms with Crippen molar-refractivity contribution in [3.05, 3.63) is 48.5 Å². The normalized spacial score (nSPS) is 18.8. The van der Waals surface area contributed by atoms with E-state index < -0.39 is 0 Å². The monoisotopic (exact) mass is 411 g/mol. The molecule has 2 saturated heterocycles. The highest BCUT2D eigenvalue weighted by Gasteiger charge is 2.29. The minimum atomic E-state index is -0.106. The fourth-order valence-electron chi connectivity index (χ4n) is 4.16. The Bertz CT molecular complexity index is 827. The number of quaternary nitrogens is 1. The smallest absolute Gasteiger partial charge is 0.282 e. The van der Waals surface area contributed by atoms with E-state index in [4.69, 9.17) is 4.74 Å². The van der Waals surface area contributed by atoms with Crippen LogP contribution in [0.15, 0.2) is 48.5 Å². The minimum absolute atomic E-state index is 0.0576. The predicted molar refractivity (Wildman–Crippen MR) is 119 cm³/mol. The number of nitrogens with zero attached hydrogens (tertiary/aromatic N) is 2. The maximum atomic E-state index is 12.8. The molecule has 0 spiro atoms. The number of amides is 1. The van der Waals surface area contributed by atoms with Crippen LogP contribution in [-0.2, 0) is 9.53 Å². The number of ether oxygens (including phenoxy) is 1. The number of carbonyl (C=O) groups is 1. The lowest BCUT2D eigenvalue weighted by atomic mass is 10.2. The number of rotatable bonds is 5. The Kier molecular flexibility index (Phi) is 6.40. The molecule has 0 radical (unpaired) electrons. The zero-order chi connectivity index (χ0) is 20.9. The Morgan fingerprint density at radius 1 is 0.933 bits per heavy atom. The molecule has 4 rings (SSSR count). The zero-order valence-electron chi connectivity index (χ0n) is 17.5. The van der Waals surface area contributed by atoms with Gasteiger partial charge >= 0.3 is 0 Å². The van der Waals surface area contributed by atoms with Gasteiger partial charge in [-0.3, -0.25) is 4.79 Å². The third-order valence-electron chi connectivity index (χ3n) is 6.14. The summed E-state index contributed by atoms with van der Waals surface area (Å²) in [4.78, 5) is 18.7. The number of nitrogens with one attached hydrogen (secondary N) is 2. The molecule has 0 bridgehead atoms. The molecule has 0 saturated carbocycles. The molecule has 1 amide bonds. The minimum Gasteiger partial charge on any atom is -0.508 e. The average molecular weight is 412 g/mol. The highest BCUT2D eigenvalue weighted by molar-refractivity contribution is 5.93. The Hall–Kier alpha value is -2.77. The quantitative estimate of drug-likeness (QED) is 0.684. The third kappa shape index (κ3) is 4.86. The number of phenols is 1. The van der Waals surface area contributed by atoms with Crippen molar-refractivity contribution >= 4 is 23.0 Å². The van der Waals surface area contributed by atoms with E-state index in [1.54, 1.807) is 12.1 Å². The van der Waals surface area contributed by atoms with Crippen molar-refractivity contribution in [1.29, 1.82) is 0 Å². The van der Waals surface area contributed by atoms with Crippen LogP contribution in [0.4, 0.5) is 17.1 Å². The standard InChI is InChI=1S/C23H30N4O3/c1-18(25-10-12-26(13-11-25)21-6-8-22(28)9-7-21)23(29)24-19-2-4-20(5-3-19)27-14-16-30-17-15-27/h2-9,18,28H,10-17H2,1H3,(H,24,29)/p+1/t18-/m0/s1. The maximum absolute atomic E-state index is 12.8. The fraction of sp³-hybridized carbons (Fsp3) is 0.435. The number of benzene rings is 2. The van der Waals surface area contributed by atoms with Crippen molar-refractivity contribution in [2.24, 2.45) is 0 Å². The molecule has 0 unspecified atom stereocenters. The molecule has 7 heteroatoms. The first-order valence-corrected chi connectivity index (χ1v) is 10.7. The van der Waals surface area contributed by atoms with E-state index in [1.807, 2.05) is 31.2 Å². The molecular weight excluding hydrogens is 380 g/mol. The molecule has 1 atom stereocenters. The average Bonchev–Trinajstić information content (AvgIpc) is 2.80. The number of piperazine rings is 1. The van der Waals surface area contributed by atoms with Gasteiger partial charge in [0.1, 0.15) is 5.75 Å². The van der Waals surface area contributed by atoms with Crippen molar-refractivity contribution < 1.29 is 19.5 Å². The van der Waals surface area contributed by atoms with Crippen molar-refractivity contribution in [2.75, 3.05) is 67.6 Å². The highest BCUT2D eigenvalue weighted by Crippen LogP contribution is 2.20. The summed E-state index contributed by atoms with van der Waals surface area (Å²) in [6.45, 7) is 8.94. The predicted octanol–water partition coefficient (Wildman–Crippen LogP) is 0.961. The van der Waals surface area contributed by atoms with Gasteiger partial charge in [-0.25, -0.2) is 0 Å². The van der Waals surface area contributed by atoms with Gasteiger partial charge in [0, 0.05) is 30.2 Å². The summed E-state index contributed by atoms with van der Waals surface area (Å²) >= 11 is 0. The van der Waals surface area contributed by atoms with Gasteiger partial charge in [-0.05, 0) is 55.5 Å². The van der Waals surface area contributed by atoms with Crippen LogP contribution >= 0.6 is 0 Å². The van der Waals surface area contributed by atoms with Gasteiger partial charge in [-0.1, -0.05) is 0 Å². The summed E-state index contributed by atoms with van der Waals surface area (Å²) in [6.07, 6.45) is 0. The molecule has 2 aliphatic rings. The van der Waals surface area contributed by atoms with Crippen LogP contribution < -0.4 is 20.0 Å². The molecule has 2 heterocycles. The molecule has 0 aliphatic carbocycles. The first-order chi connectivity index (χ1) is 14.6. The van der Waals surface area contributed by atoms with Crippen molar-refractivity contribution in [1.82, 2.24) is 0 Å². The van der Waals surface area contributed by atoms with Crippen LogP contribution in [-0.4, -0.2) is 69.5 Å². The summed E-state index contributed by atoms with van der Waals surface area (Å²) in [5, 5.41) is 12.5. The van der Waals surface area contributed by atoms with Crippen molar-refractivity contribution in [2.45, 2.75) is 13.0 Å². The number of phenolic OH excluding ortho intramolecular Hbond substituents is 1. The molecule has 2 aromatic carbocycles. The number of anilines is 3. The first kappa shape index (κ1) is 20.5. The lowest BCUT2D eigenvalue weighted by Gasteiger charge is -2.36. The molecule has 7 nitrogen and oxygen atoms in total. The number of aromatic hydroxyl groups is 1. The lowest BCUT2D eigenvalue weighted by Crippen LogP contribution is -3.19.